The number of nitrogens with one attached hydrogen (secondary N) is 1. The van der Waals surface area contributed by atoms with Gasteiger partial charge in [0.25, 0.3) is 5.91 Å². The molecule has 1 saturated carbocycles. The molecule has 27 heavy (non-hydrogen) atoms. The molecule has 0 atom stereocenters. The minimum Gasteiger partial charge on any atom is -0.467 e. The van der Waals surface area contributed by atoms with E-state index >= 15 is 0 Å². The van der Waals surface area contributed by atoms with Crippen LogP contribution in [0.3, 0.4) is 0 Å². The third-order valence-electron chi connectivity index (χ3n) is 4.90. The summed E-state index contributed by atoms with van der Waals surface area (Å²) >= 11 is 0. The standard InChI is InChI=1S/C17H20F3N3O4/c18-17(19,20)11-22(10-12-4-3-9-27-12)13(24)5-8-23-14(25)16(21-15(23)26)6-1-2-7-16/h3-4,9H,1-2,5-8,10-11H2,(H,21,26). The molecular formula is C17H20F3N3O4. The SMILES string of the molecule is O=C(CCN1C(=O)NC2(CCCC2)C1=O)N(Cc1ccco1)CC(F)(F)F. The van der Waals surface area contributed by atoms with Crippen molar-refractivity contribution in [3.8, 4) is 0 Å². The average Bonchev–Trinajstić information content (AvgIpc) is 3.29. The molecule has 1 aliphatic heterocycles. The monoisotopic (exact) mass is 387 g/mol. The summed E-state index contributed by atoms with van der Waals surface area (Å²) in [4.78, 5) is 38.5. The number of alkyl halides is 3. The van der Waals surface area contributed by atoms with Gasteiger partial charge in [0.15, 0.2) is 0 Å². The second-order valence-corrected chi connectivity index (χ2v) is 6.87. The van der Waals surface area contributed by atoms with Gasteiger partial charge in [0.05, 0.1) is 12.8 Å². The maximum absolute atomic E-state index is 12.8. The Hall–Kier alpha value is -2.52. The molecule has 2 heterocycles. The van der Waals surface area contributed by atoms with Crippen molar-refractivity contribution in [2.24, 2.45) is 0 Å². The van der Waals surface area contributed by atoms with Crippen LogP contribution >= 0.6 is 0 Å². The summed E-state index contributed by atoms with van der Waals surface area (Å²) in [6.45, 7) is -2.02. The quantitative estimate of drug-likeness (QED) is 0.760. The van der Waals surface area contributed by atoms with Gasteiger partial charge >= 0.3 is 12.2 Å². The number of halogens is 3. The van der Waals surface area contributed by atoms with E-state index in [1.165, 1.54) is 18.4 Å². The number of carbonyl (C=O) groups is 3. The molecule has 1 aromatic rings. The van der Waals surface area contributed by atoms with Gasteiger partial charge in [-0.1, -0.05) is 12.8 Å². The highest BCUT2D eigenvalue weighted by Gasteiger charge is 2.52. The summed E-state index contributed by atoms with van der Waals surface area (Å²) in [5, 5.41) is 2.67. The third kappa shape index (κ3) is 4.25. The Kier molecular flexibility index (Phi) is 5.16. The maximum Gasteiger partial charge on any atom is 0.406 e. The molecule has 2 fully saturated rings. The first-order chi connectivity index (χ1) is 12.7. The molecule has 0 radical (unpaired) electrons. The first-order valence-corrected chi connectivity index (χ1v) is 8.71. The summed E-state index contributed by atoms with van der Waals surface area (Å²) in [5.74, 6) is -0.990. The normalized spacial score (nSPS) is 19.0. The number of nitrogens with zero attached hydrogens (tertiary/aromatic N) is 2. The second-order valence-electron chi connectivity index (χ2n) is 6.87. The van der Waals surface area contributed by atoms with Crippen LogP contribution in [-0.4, -0.2) is 52.5 Å². The molecule has 148 valence electrons. The van der Waals surface area contributed by atoms with Crippen LogP contribution < -0.4 is 5.32 Å². The first kappa shape index (κ1) is 19.2. The zero-order chi connectivity index (χ0) is 19.7. The maximum atomic E-state index is 12.8. The van der Waals surface area contributed by atoms with Gasteiger partial charge in [-0.25, -0.2) is 4.79 Å². The predicted molar refractivity (Wildman–Crippen MR) is 86.2 cm³/mol. The first-order valence-electron chi connectivity index (χ1n) is 8.71. The lowest BCUT2D eigenvalue weighted by molar-refractivity contribution is -0.163. The van der Waals surface area contributed by atoms with Gasteiger partial charge in [-0.2, -0.15) is 13.2 Å². The molecule has 1 saturated heterocycles. The van der Waals surface area contributed by atoms with Gasteiger partial charge in [-0.05, 0) is 25.0 Å². The molecule has 1 spiro atoms. The summed E-state index contributed by atoms with van der Waals surface area (Å²) < 4.78 is 43.4. The molecule has 0 bridgehead atoms. The molecular weight excluding hydrogens is 367 g/mol. The molecule has 4 amide bonds. The number of rotatable bonds is 6. The molecule has 2 aliphatic rings. The molecule has 7 nitrogen and oxygen atoms in total. The topological polar surface area (TPSA) is 82.9 Å². The van der Waals surface area contributed by atoms with E-state index in [0.29, 0.717) is 17.7 Å². The zero-order valence-corrected chi connectivity index (χ0v) is 14.6. The number of hydrogen-bond donors (Lipinski definition) is 1. The van der Waals surface area contributed by atoms with Crippen LogP contribution in [0.2, 0.25) is 0 Å². The van der Waals surface area contributed by atoms with Crippen LogP contribution in [0.15, 0.2) is 22.8 Å². The Labute approximate surface area is 153 Å². The van der Waals surface area contributed by atoms with Gasteiger partial charge in [0, 0.05) is 13.0 Å². The minimum atomic E-state index is -4.57. The highest BCUT2D eigenvalue weighted by molar-refractivity contribution is 6.07. The Morgan fingerprint density at radius 3 is 2.59 bits per heavy atom. The van der Waals surface area contributed by atoms with Crippen molar-refractivity contribution in [2.45, 2.75) is 50.4 Å². The Balaban J connectivity index is 1.63. The van der Waals surface area contributed by atoms with Crippen molar-refractivity contribution >= 4 is 17.8 Å². The fraction of sp³-hybridized carbons (Fsp3) is 0.588. The van der Waals surface area contributed by atoms with Crippen LogP contribution in [0.1, 0.15) is 37.9 Å². The van der Waals surface area contributed by atoms with Crippen LogP contribution in [0.4, 0.5) is 18.0 Å². The smallest absolute Gasteiger partial charge is 0.406 e. The summed E-state index contributed by atoms with van der Waals surface area (Å²) in [6.07, 6.45) is -0.924. The number of carbonyl (C=O) groups excluding carboxylic acids is 3. The van der Waals surface area contributed by atoms with Gasteiger partial charge < -0.3 is 14.6 Å². The van der Waals surface area contributed by atoms with Crippen LogP contribution in [0.5, 0.6) is 0 Å². The van der Waals surface area contributed by atoms with E-state index in [2.05, 4.69) is 5.32 Å². The zero-order valence-electron chi connectivity index (χ0n) is 14.6. The molecule has 3 rings (SSSR count). The molecule has 0 aromatic carbocycles. The summed E-state index contributed by atoms with van der Waals surface area (Å²) in [5.41, 5.74) is -0.903. The Morgan fingerprint density at radius 1 is 1.30 bits per heavy atom. The molecule has 1 aromatic heterocycles. The van der Waals surface area contributed by atoms with E-state index in [4.69, 9.17) is 4.42 Å². The van der Waals surface area contributed by atoms with Crippen molar-refractivity contribution in [2.75, 3.05) is 13.1 Å². The highest BCUT2D eigenvalue weighted by Crippen LogP contribution is 2.35. The second kappa shape index (κ2) is 7.24. The average molecular weight is 387 g/mol. The molecule has 1 aliphatic carbocycles. The van der Waals surface area contributed by atoms with Gasteiger partial charge in [-0.3, -0.25) is 14.5 Å². The number of urea groups is 1. The Bertz CT molecular complexity index is 712. The van der Waals surface area contributed by atoms with Crippen molar-refractivity contribution in [3.63, 3.8) is 0 Å². The lowest BCUT2D eigenvalue weighted by Gasteiger charge is -2.24. The van der Waals surface area contributed by atoms with Crippen molar-refractivity contribution in [1.82, 2.24) is 15.1 Å². The van der Waals surface area contributed by atoms with Gasteiger partial charge in [0.2, 0.25) is 5.91 Å². The van der Waals surface area contributed by atoms with E-state index in [1.807, 2.05) is 0 Å². The van der Waals surface area contributed by atoms with E-state index in [1.54, 1.807) is 0 Å². The van der Waals surface area contributed by atoms with E-state index in [9.17, 15) is 27.6 Å². The predicted octanol–water partition coefficient (Wildman–Crippen LogP) is 2.43. The van der Waals surface area contributed by atoms with E-state index in [0.717, 1.165) is 17.7 Å². The number of hydrogen-bond acceptors (Lipinski definition) is 4. The van der Waals surface area contributed by atoms with Crippen LogP contribution in [0, 0.1) is 0 Å². The Morgan fingerprint density at radius 2 is 2.00 bits per heavy atom. The minimum absolute atomic E-state index is 0.215. The number of amides is 4. The van der Waals surface area contributed by atoms with Crippen molar-refractivity contribution in [1.29, 1.82) is 0 Å². The van der Waals surface area contributed by atoms with E-state index < -0.39 is 36.1 Å². The summed E-state index contributed by atoms with van der Waals surface area (Å²) in [6, 6.07) is 2.39. The van der Waals surface area contributed by atoms with E-state index in [-0.39, 0.29) is 25.3 Å². The molecule has 1 N–H and O–H groups in total. The molecule has 10 heteroatoms. The largest absolute Gasteiger partial charge is 0.467 e. The van der Waals surface area contributed by atoms with Gasteiger partial charge in [0.1, 0.15) is 17.8 Å². The lowest BCUT2D eigenvalue weighted by Crippen LogP contribution is -2.44. The number of imide groups is 1. The van der Waals surface area contributed by atoms with Gasteiger partial charge in [-0.15, -0.1) is 0 Å². The van der Waals surface area contributed by atoms with Crippen molar-refractivity contribution in [3.05, 3.63) is 24.2 Å². The van der Waals surface area contributed by atoms with Crippen molar-refractivity contribution < 1.29 is 32.0 Å². The fourth-order valence-electron chi connectivity index (χ4n) is 3.60. The van der Waals surface area contributed by atoms with Crippen LogP contribution in [0.25, 0.3) is 0 Å². The summed E-state index contributed by atoms with van der Waals surface area (Å²) in [7, 11) is 0. The third-order valence-corrected chi connectivity index (χ3v) is 4.90. The lowest BCUT2D eigenvalue weighted by atomic mass is 9.98. The van der Waals surface area contributed by atoms with Crippen LogP contribution in [-0.2, 0) is 16.1 Å². The molecule has 0 unspecified atom stereocenters. The number of furan rings is 1. The fourth-order valence-corrected chi connectivity index (χ4v) is 3.60. The highest BCUT2D eigenvalue weighted by atomic mass is 19.4.